The molecule has 0 aromatic carbocycles. The molecule has 10 heteroatoms. The number of imidazole rings is 2. The van der Waals surface area contributed by atoms with Crippen LogP contribution in [0.1, 0.15) is 24.8 Å². The van der Waals surface area contributed by atoms with Crippen molar-refractivity contribution in [1.82, 2.24) is 34.2 Å². The van der Waals surface area contributed by atoms with Crippen molar-refractivity contribution in [3.05, 3.63) is 41.8 Å². The molecule has 0 radical (unpaired) electrons. The monoisotopic (exact) mass is 451 g/mol. The number of hydrogen-bond donors (Lipinski definition) is 2. The highest BCUT2D eigenvalue weighted by molar-refractivity contribution is 6.34. The maximum atomic E-state index is 6.62. The lowest BCUT2D eigenvalue weighted by Gasteiger charge is -2.44. The third kappa shape index (κ3) is 3.45. The number of H-pyrrole nitrogens is 1. The van der Waals surface area contributed by atoms with Gasteiger partial charge in [0.05, 0.1) is 23.1 Å². The number of nitrogens with one attached hydrogen (secondary N) is 2. The highest BCUT2D eigenvalue weighted by Gasteiger charge is 2.29. The number of hydrogen-bond acceptors (Lipinski definition) is 7. The van der Waals surface area contributed by atoms with Gasteiger partial charge in [-0.25, -0.2) is 19.9 Å². The number of pyridine rings is 1. The van der Waals surface area contributed by atoms with E-state index in [0.29, 0.717) is 5.65 Å². The van der Waals surface area contributed by atoms with Crippen molar-refractivity contribution in [3.63, 3.8) is 0 Å². The minimum Gasteiger partial charge on any atom is -0.368 e. The van der Waals surface area contributed by atoms with Gasteiger partial charge in [0.15, 0.2) is 11.5 Å². The van der Waals surface area contributed by atoms with E-state index >= 15 is 0 Å². The van der Waals surface area contributed by atoms with Crippen LogP contribution >= 0.6 is 11.6 Å². The largest absolute Gasteiger partial charge is 0.368 e. The molecule has 1 saturated carbocycles. The first-order chi connectivity index (χ1) is 15.8. The van der Waals surface area contributed by atoms with Crippen molar-refractivity contribution < 1.29 is 0 Å². The smallest absolute Gasteiger partial charge is 0.182 e. The fraction of sp³-hybridized carbons (Fsp3) is 0.455. The number of anilines is 2. The lowest BCUT2D eigenvalue weighted by Crippen LogP contribution is -2.52. The van der Waals surface area contributed by atoms with Crippen molar-refractivity contribution in [2.45, 2.75) is 31.7 Å². The number of piperazine rings is 1. The van der Waals surface area contributed by atoms with Gasteiger partial charge in [0, 0.05) is 38.8 Å². The van der Waals surface area contributed by atoms with Crippen LogP contribution in [0, 0.1) is 0 Å². The molecule has 6 rings (SSSR count). The number of aromatic nitrogens is 6. The second kappa shape index (κ2) is 8.22. The third-order valence-corrected chi connectivity index (χ3v) is 7.12. The van der Waals surface area contributed by atoms with Crippen LogP contribution in [0.25, 0.3) is 16.7 Å². The number of aromatic amines is 1. The zero-order chi connectivity index (χ0) is 21.5. The van der Waals surface area contributed by atoms with Crippen molar-refractivity contribution in [2.24, 2.45) is 0 Å². The topological polar surface area (TPSA) is 90.3 Å². The molecule has 0 unspecified atom stereocenters. The summed E-state index contributed by atoms with van der Waals surface area (Å²) in [5.41, 5.74) is 3.65. The van der Waals surface area contributed by atoms with Crippen LogP contribution in [0.3, 0.4) is 0 Å². The molecule has 1 aliphatic heterocycles. The van der Waals surface area contributed by atoms with Gasteiger partial charge in [0.2, 0.25) is 0 Å². The number of rotatable bonds is 6. The Morgan fingerprint density at radius 3 is 2.81 bits per heavy atom. The van der Waals surface area contributed by atoms with Gasteiger partial charge in [-0.15, -0.1) is 0 Å². The molecule has 2 N–H and O–H groups in total. The third-order valence-electron chi connectivity index (χ3n) is 6.81. The van der Waals surface area contributed by atoms with E-state index in [1.807, 2.05) is 12.5 Å². The average Bonchev–Trinajstić information content (AvgIpc) is 3.44. The molecule has 4 aromatic rings. The summed E-state index contributed by atoms with van der Waals surface area (Å²) in [4.78, 5) is 25.4. The Hall–Kier alpha value is -2.91. The summed E-state index contributed by atoms with van der Waals surface area (Å²) in [7, 11) is 0. The van der Waals surface area contributed by atoms with Gasteiger partial charge in [-0.2, -0.15) is 0 Å². The minimum absolute atomic E-state index is 0.662. The minimum atomic E-state index is 0.662. The SMILES string of the molecule is Clc1cc(CCNc2ncnc3nc[nH]c23)c(N2CCN(C3CCC3)CC2)n2cncc12. The van der Waals surface area contributed by atoms with Gasteiger partial charge in [-0.3, -0.25) is 9.30 Å². The standard InChI is InChI=1S/C22H26ClN9/c23-17-10-15(4-5-25-20-19-21(27-12-26-19)29-13-28-20)22(32-14-24-11-18(17)32)31-8-6-30(7-9-31)16-2-1-3-16/h10-14,16H,1-9H2,(H2,25,26,27,28,29). The van der Waals surface area contributed by atoms with Crippen LogP contribution in [0.5, 0.6) is 0 Å². The van der Waals surface area contributed by atoms with Gasteiger partial charge < -0.3 is 15.2 Å². The molecule has 0 amide bonds. The summed E-state index contributed by atoms with van der Waals surface area (Å²) in [5, 5.41) is 4.16. The molecule has 166 valence electrons. The van der Waals surface area contributed by atoms with Crippen LogP contribution in [-0.4, -0.2) is 73.0 Å². The van der Waals surface area contributed by atoms with E-state index < -0.39 is 0 Å². The van der Waals surface area contributed by atoms with E-state index in [9.17, 15) is 0 Å². The number of nitrogens with zero attached hydrogens (tertiary/aromatic N) is 7. The lowest BCUT2D eigenvalue weighted by atomic mass is 9.91. The molecule has 2 aliphatic rings. The van der Waals surface area contributed by atoms with Gasteiger partial charge in [-0.05, 0) is 30.9 Å². The molecule has 1 saturated heterocycles. The number of fused-ring (bicyclic) bond motifs is 2. The summed E-state index contributed by atoms with van der Waals surface area (Å²) in [6.07, 6.45) is 11.8. The predicted molar refractivity (Wildman–Crippen MR) is 126 cm³/mol. The Morgan fingerprint density at radius 1 is 1.12 bits per heavy atom. The fourth-order valence-electron chi connectivity index (χ4n) is 4.89. The molecule has 4 aromatic heterocycles. The molecule has 32 heavy (non-hydrogen) atoms. The Kier molecular flexibility index (Phi) is 5.07. The molecule has 0 spiro atoms. The quantitative estimate of drug-likeness (QED) is 0.465. The molecular formula is C22H26ClN9. The Balaban J connectivity index is 1.24. The zero-order valence-electron chi connectivity index (χ0n) is 17.8. The van der Waals surface area contributed by atoms with E-state index in [1.54, 1.807) is 6.33 Å². The van der Waals surface area contributed by atoms with E-state index in [0.717, 1.165) is 67.1 Å². The summed E-state index contributed by atoms with van der Waals surface area (Å²) in [6, 6.07) is 2.89. The highest BCUT2D eigenvalue weighted by atomic mass is 35.5. The van der Waals surface area contributed by atoms with E-state index in [4.69, 9.17) is 11.6 Å². The summed E-state index contributed by atoms with van der Waals surface area (Å²) < 4.78 is 2.15. The van der Waals surface area contributed by atoms with Gasteiger partial charge in [0.25, 0.3) is 0 Å². The van der Waals surface area contributed by atoms with Crippen LogP contribution in [0.2, 0.25) is 5.02 Å². The summed E-state index contributed by atoms with van der Waals surface area (Å²) in [6.45, 7) is 4.98. The Bertz CT molecular complexity index is 1240. The van der Waals surface area contributed by atoms with E-state index in [1.165, 1.54) is 37.0 Å². The molecule has 2 fully saturated rings. The molecule has 0 atom stereocenters. The normalized spacial score (nSPS) is 17.8. The van der Waals surface area contributed by atoms with Crippen molar-refractivity contribution in [2.75, 3.05) is 42.9 Å². The van der Waals surface area contributed by atoms with Gasteiger partial charge >= 0.3 is 0 Å². The first-order valence-corrected chi connectivity index (χ1v) is 11.7. The molecule has 5 heterocycles. The lowest BCUT2D eigenvalue weighted by molar-refractivity contribution is 0.120. The zero-order valence-corrected chi connectivity index (χ0v) is 18.6. The molecular weight excluding hydrogens is 426 g/mol. The second-order valence-electron chi connectivity index (χ2n) is 8.60. The molecule has 1 aliphatic carbocycles. The van der Waals surface area contributed by atoms with Crippen LogP contribution < -0.4 is 10.2 Å². The van der Waals surface area contributed by atoms with Crippen LogP contribution in [0.4, 0.5) is 11.6 Å². The first-order valence-electron chi connectivity index (χ1n) is 11.3. The Labute approximate surface area is 190 Å². The van der Waals surface area contributed by atoms with E-state index in [2.05, 4.69) is 50.5 Å². The van der Waals surface area contributed by atoms with Gasteiger partial charge in [-0.1, -0.05) is 18.0 Å². The fourth-order valence-corrected chi connectivity index (χ4v) is 5.16. The van der Waals surface area contributed by atoms with Crippen molar-refractivity contribution in [1.29, 1.82) is 0 Å². The number of halogens is 1. The van der Waals surface area contributed by atoms with Crippen LogP contribution in [-0.2, 0) is 6.42 Å². The van der Waals surface area contributed by atoms with Crippen molar-refractivity contribution >= 4 is 39.9 Å². The highest BCUT2D eigenvalue weighted by Crippen LogP contribution is 2.31. The predicted octanol–water partition coefficient (Wildman–Crippen LogP) is 2.98. The maximum Gasteiger partial charge on any atom is 0.182 e. The average molecular weight is 452 g/mol. The van der Waals surface area contributed by atoms with Crippen LogP contribution in [0.15, 0.2) is 31.2 Å². The first kappa shape index (κ1) is 19.8. The van der Waals surface area contributed by atoms with Gasteiger partial charge in [0.1, 0.15) is 24.0 Å². The van der Waals surface area contributed by atoms with E-state index in [-0.39, 0.29) is 0 Å². The summed E-state index contributed by atoms with van der Waals surface area (Å²) >= 11 is 6.62. The van der Waals surface area contributed by atoms with Crippen molar-refractivity contribution in [3.8, 4) is 0 Å². The molecule has 9 nitrogen and oxygen atoms in total. The summed E-state index contributed by atoms with van der Waals surface area (Å²) in [5.74, 6) is 1.96. The second-order valence-corrected chi connectivity index (χ2v) is 9.01. The maximum absolute atomic E-state index is 6.62. The molecule has 0 bridgehead atoms. The Morgan fingerprint density at radius 2 is 2.00 bits per heavy atom.